The van der Waals surface area contributed by atoms with E-state index < -0.39 is 5.82 Å². The van der Waals surface area contributed by atoms with Crippen LogP contribution in [0.25, 0.3) is 17.1 Å². The van der Waals surface area contributed by atoms with E-state index in [0.717, 1.165) is 57.6 Å². The Labute approximate surface area is 203 Å². The number of halogens is 1. The molecule has 8 heteroatoms. The zero-order valence-corrected chi connectivity index (χ0v) is 19.5. The predicted octanol–water partition coefficient (Wildman–Crippen LogP) is 3.76. The number of nitrogens with one attached hydrogen (secondary N) is 1. The number of anilines is 1. The SMILES string of the molecule is N#Cc1ccc(-c2nc(N3CCC4(CCNC4)CC3)cc(=O)n2-c2ccc(C3CC3)nc2)cc1F. The third kappa shape index (κ3) is 4.10. The fraction of sp³-hybridized carbons (Fsp3) is 0.407. The molecule has 2 saturated heterocycles. The number of hydrogen-bond donors (Lipinski definition) is 1. The Hall–Kier alpha value is -3.57. The quantitative estimate of drug-likeness (QED) is 0.625. The minimum absolute atomic E-state index is 0.0410. The van der Waals surface area contributed by atoms with Crippen LogP contribution in [0.15, 0.2) is 47.4 Å². The Kier molecular flexibility index (Phi) is 5.37. The van der Waals surface area contributed by atoms with Crippen LogP contribution in [0.2, 0.25) is 0 Å². The van der Waals surface area contributed by atoms with Gasteiger partial charge in [-0.1, -0.05) is 0 Å². The summed E-state index contributed by atoms with van der Waals surface area (Å²) in [5.74, 6) is 0.826. The number of piperidine rings is 1. The van der Waals surface area contributed by atoms with Crippen LogP contribution in [-0.4, -0.2) is 40.7 Å². The molecule has 0 bridgehead atoms. The van der Waals surface area contributed by atoms with E-state index >= 15 is 0 Å². The molecule has 6 rings (SSSR count). The highest BCUT2D eigenvalue weighted by molar-refractivity contribution is 5.62. The van der Waals surface area contributed by atoms with E-state index in [9.17, 15) is 9.18 Å². The summed E-state index contributed by atoms with van der Waals surface area (Å²) >= 11 is 0. The first-order valence-electron chi connectivity index (χ1n) is 12.3. The highest BCUT2D eigenvalue weighted by atomic mass is 19.1. The largest absolute Gasteiger partial charge is 0.356 e. The van der Waals surface area contributed by atoms with E-state index in [0.29, 0.717) is 34.2 Å². The van der Waals surface area contributed by atoms with Gasteiger partial charge in [0.25, 0.3) is 5.56 Å². The van der Waals surface area contributed by atoms with Crippen molar-refractivity contribution in [3.8, 4) is 23.1 Å². The van der Waals surface area contributed by atoms with Gasteiger partial charge in [0.15, 0.2) is 0 Å². The molecule has 1 N–H and O–H groups in total. The first kappa shape index (κ1) is 21.9. The van der Waals surface area contributed by atoms with Crippen LogP contribution in [0, 0.1) is 22.6 Å². The Morgan fingerprint density at radius 2 is 1.94 bits per heavy atom. The van der Waals surface area contributed by atoms with Crippen molar-refractivity contribution in [2.24, 2.45) is 5.41 Å². The molecule has 1 aliphatic carbocycles. The molecule has 7 nitrogen and oxygen atoms in total. The molecule has 0 atom stereocenters. The molecule has 2 aromatic heterocycles. The molecule has 1 aromatic carbocycles. The van der Waals surface area contributed by atoms with E-state index in [-0.39, 0.29) is 11.1 Å². The molecule has 178 valence electrons. The number of nitrogens with zero attached hydrogens (tertiary/aromatic N) is 5. The fourth-order valence-corrected chi connectivity index (χ4v) is 5.40. The predicted molar refractivity (Wildman–Crippen MR) is 131 cm³/mol. The van der Waals surface area contributed by atoms with Crippen molar-refractivity contribution in [3.63, 3.8) is 0 Å². The monoisotopic (exact) mass is 470 g/mol. The average molecular weight is 471 g/mol. The molecular weight excluding hydrogens is 443 g/mol. The van der Waals surface area contributed by atoms with Crippen LogP contribution in [0.4, 0.5) is 10.2 Å². The lowest BCUT2D eigenvalue weighted by Crippen LogP contribution is -2.42. The molecule has 1 saturated carbocycles. The van der Waals surface area contributed by atoms with Gasteiger partial charge in [0.05, 0.1) is 17.4 Å². The highest BCUT2D eigenvalue weighted by Crippen LogP contribution is 2.39. The number of hydrogen-bond acceptors (Lipinski definition) is 6. The number of aromatic nitrogens is 3. The van der Waals surface area contributed by atoms with E-state index in [1.165, 1.54) is 23.1 Å². The summed E-state index contributed by atoms with van der Waals surface area (Å²) < 4.78 is 16.1. The standard InChI is InChI=1S/C27H27FN6O/c28-22-13-19(3-4-20(22)15-29)26-32-24(33-11-8-27(9-12-33)7-10-30-17-27)14-25(35)34(26)21-5-6-23(31-16-21)18-1-2-18/h3-6,13-14,16,18,30H,1-2,7-12,17H2. The molecule has 3 aliphatic rings. The zero-order valence-electron chi connectivity index (χ0n) is 19.5. The van der Waals surface area contributed by atoms with Gasteiger partial charge in [0.1, 0.15) is 23.5 Å². The maximum Gasteiger partial charge on any atom is 0.260 e. The summed E-state index contributed by atoms with van der Waals surface area (Å²) in [5, 5.41) is 12.6. The molecule has 3 aromatic rings. The maximum absolute atomic E-state index is 14.6. The molecular formula is C27H27FN6O. The topological polar surface area (TPSA) is 86.8 Å². The van der Waals surface area contributed by atoms with Crippen LogP contribution in [-0.2, 0) is 0 Å². The van der Waals surface area contributed by atoms with Crippen molar-refractivity contribution < 1.29 is 4.39 Å². The van der Waals surface area contributed by atoms with E-state index in [4.69, 9.17) is 10.2 Å². The lowest BCUT2D eigenvalue weighted by Gasteiger charge is -2.39. The molecule has 1 spiro atoms. The highest BCUT2D eigenvalue weighted by Gasteiger charge is 2.37. The van der Waals surface area contributed by atoms with E-state index in [1.54, 1.807) is 18.3 Å². The number of nitriles is 1. The van der Waals surface area contributed by atoms with Gasteiger partial charge < -0.3 is 10.2 Å². The Morgan fingerprint density at radius 3 is 2.57 bits per heavy atom. The van der Waals surface area contributed by atoms with Gasteiger partial charge in [-0.2, -0.15) is 5.26 Å². The van der Waals surface area contributed by atoms with E-state index in [1.807, 2.05) is 18.2 Å². The van der Waals surface area contributed by atoms with E-state index in [2.05, 4.69) is 15.2 Å². The molecule has 4 heterocycles. The van der Waals surface area contributed by atoms with Crippen LogP contribution in [0.3, 0.4) is 0 Å². The molecule has 0 unspecified atom stereocenters. The van der Waals surface area contributed by atoms with Crippen LogP contribution < -0.4 is 15.8 Å². The normalized spacial score (nSPS) is 19.1. The molecule has 0 radical (unpaired) electrons. The van der Waals surface area contributed by atoms with Crippen molar-refractivity contribution in [1.29, 1.82) is 5.26 Å². The van der Waals surface area contributed by atoms with Crippen molar-refractivity contribution in [2.45, 2.75) is 38.0 Å². The summed E-state index contributed by atoms with van der Waals surface area (Å²) in [5.41, 5.74) is 2.13. The Balaban J connectivity index is 1.41. The van der Waals surface area contributed by atoms with Gasteiger partial charge in [-0.05, 0) is 74.4 Å². The van der Waals surface area contributed by atoms with Crippen LogP contribution in [0.1, 0.15) is 49.3 Å². The van der Waals surface area contributed by atoms with Crippen LogP contribution >= 0.6 is 0 Å². The van der Waals surface area contributed by atoms with Gasteiger partial charge in [-0.15, -0.1) is 0 Å². The van der Waals surface area contributed by atoms with Gasteiger partial charge in [0, 0.05) is 42.9 Å². The lowest BCUT2D eigenvalue weighted by atomic mass is 9.78. The minimum Gasteiger partial charge on any atom is -0.356 e. The fourth-order valence-electron chi connectivity index (χ4n) is 5.40. The number of rotatable bonds is 4. The summed E-state index contributed by atoms with van der Waals surface area (Å²) in [6.07, 6.45) is 7.28. The Bertz CT molecular complexity index is 1360. The molecule has 35 heavy (non-hydrogen) atoms. The van der Waals surface area contributed by atoms with Crippen molar-refractivity contribution in [2.75, 3.05) is 31.1 Å². The molecule has 0 amide bonds. The summed E-state index contributed by atoms with van der Waals surface area (Å²) in [4.78, 5) is 25.1. The van der Waals surface area contributed by atoms with Gasteiger partial charge in [0.2, 0.25) is 0 Å². The third-order valence-electron chi connectivity index (χ3n) is 7.76. The van der Waals surface area contributed by atoms with Crippen LogP contribution in [0.5, 0.6) is 0 Å². The maximum atomic E-state index is 14.6. The number of pyridine rings is 1. The zero-order chi connectivity index (χ0) is 24.0. The van der Waals surface area contributed by atoms with Gasteiger partial charge in [-0.25, -0.2) is 9.37 Å². The molecule has 2 aliphatic heterocycles. The van der Waals surface area contributed by atoms with Crippen molar-refractivity contribution >= 4 is 5.82 Å². The Morgan fingerprint density at radius 1 is 1.11 bits per heavy atom. The third-order valence-corrected chi connectivity index (χ3v) is 7.76. The smallest absolute Gasteiger partial charge is 0.260 e. The first-order valence-corrected chi connectivity index (χ1v) is 12.3. The second-order valence-corrected chi connectivity index (χ2v) is 10.0. The van der Waals surface area contributed by atoms with Gasteiger partial charge in [-0.3, -0.25) is 14.3 Å². The summed E-state index contributed by atoms with van der Waals surface area (Å²) in [6.45, 7) is 3.78. The minimum atomic E-state index is -0.632. The lowest BCUT2D eigenvalue weighted by molar-refractivity contribution is 0.247. The first-order chi connectivity index (χ1) is 17.0. The number of benzene rings is 1. The average Bonchev–Trinajstić information content (AvgIpc) is 3.64. The molecule has 3 fully saturated rings. The second-order valence-electron chi connectivity index (χ2n) is 10.0. The summed E-state index contributed by atoms with van der Waals surface area (Å²) in [6, 6.07) is 11.6. The van der Waals surface area contributed by atoms with Crippen molar-refractivity contribution in [1.82, 2.24) is 19.9 Å². The summed E-state index contributed by atoms with van der Waals surface area (Å²) in [7, 11) is 0. The second kappa shape index (κ2) is 8.58. The van der Waals surface area contributed by atoms with Gasteiger partial charge >= 0.3 is 0 Å². The van der Waals surface area contributed by atoms with Crippen molar-refractivity contribution in [3.05, 3.63) is 70.0 Å².